The summed E-state index contributed by atoms with van der Waals surface area (Å²) in [6.45, 7) is 2.49. The molecule has 0 saturated heterocycles. The van der Waals surface area contributed by atoms with Crippen molar-refractivity contribution in [3.05, 3.63) is 23.2 Å². The number of aryl methyl sites for hydroxylation is 1. The Hall–Kier alpha value is -0.410. The van der Waals surface area contributed by atoms with Gasteiger partial charge in [0.1, 0.15) is 0 Å². The molecule has 2 nitrogen and oxygen atoms in total. The molecule has 0 amide bonds. The van der Waals surface area contributed by atoms with Gasteiger partial charge in [-0.2, -0.15) is 0 Å². The minimum absolute atomic E-state index is 0.518. The van der Waals surface area contributed by atoms with E-state index in [9.17, 15) is 0 Å². The molecule has 1 radical (unpaired) electrons. The summed E-state index contributed by atoms with van der Waals surface area (Å²) in [5, 5.41) is 3.04. The number of hydrogen-bond donors (Lipinski definition) is 0. The highest BCUT2D eigenvalue weighted by atomic mass is 32.1. The van der Waals surface area contributed by atoms with Crippen molar-refractivity contribution in [1.82, 2.24) is 4.98 Å². The van der Waals surface area contributed by atoms with Crippen LogP contribution in [0.15, 0.2) is 5.38 Å². The lowest BCUT2D eigenvalue weighted by Crippen LogP contribution is -1.84. The molecule has 0 atom stereocenters. The SMILES string of the molecule is [CH2]OCc1csc(C)n1. The van der Waals surface area contributed by atoms with Gasteiger partial charge >= 0.3 is 0 Å². The summed E-state index contributed by atoms with van der Waals surface area (Å²) >= 11 is 1.63. The minimum Gasteiger partial charge on any atom is -0.373 e. The lowest BCUT2D eigenvalue weighted by molar-refractivity contribution is 0.225. The van der Waals surface area contributed by atoms with Crippen molar-refractivity contribution >= 4 is 11.3 Å². The number of hydrogen-bond acceptors (Lipinski definition) is 3. The predicted octanol–water partition coefficient (Wildman–Crippen LogP) is 1.76. The van der Waals surface area contributed by atoms with Crippen LogP contribution >= 0.6 is 11.3 Å². The third kappa shape index (κ3) is 1.77. The van der Waals surface area contributed by atoms with E-state index >= 15 is 0 Å². The molecule has 0 saturated carbocycles. The number of nitrogens with zero attached hydrogens (tertiary/aromatic N) is 1. The monoisotopic (exact) mass is 142 g/mol. The molecule has 1 rings (SSSR count). The second kappa shape index (κ2) is 2.94. The van der Waals surface area contributed by atoms with E-state index in [1.54, 1.807) is 11.3 Å². The first-order valence-electron chi connectivity index (χ1n) is 2.61. The summed E-state index contributed by atoms with van der Waals surface area (Å²) in [7, 11) is 3.25. The Morgan fingerprint density at radius 3 is 3.11 bits per heavy atom. The fourth-order valence-corrected chi connectivity index (χ4v) is 1.18. The van der Waals surface area contributed by atoms with Crippen LogP contribution in [0.3, 0.4) is 0 Å². The van der Waals surface area contributed by atoms with Crippen LogP contribution in [0.4, 0.5) is 0 Å². The Balaban J connectivity index is 2.61. The van der Waals surface area contributed by atoms with E-state index in [-0.39, 0.29) is 0 Å². The molecule has 0 aliphatic rings. The van der Waals surface area contributed by atoms with E-state index in [0.29, 0.717) is 6.61 Å². The number of ether oxygens (including phenoxy) is 1. The van der Waals surface area contributed by atoms with Crippen molar-refractivity contribution in [3.8, 4) is 0 Å². The summed E-state index contributed by atoms with van der Waals surface area (Å²) in [6.07, 6.45) is 0. The lowest BCUT2D eigenvalue weighted by atomic mass is 10.5. The van der Waals surface area contributed by atoms with Crippen molar-refractivity contribution in [2.45, 2.75) is 13.5 Å². The Bertz CT molecular complexity index is 185. The maximum atomic E-state index is 4.64. The first-order chi connectivity index (χ1) is 4.33. The van der Waals surface area contributed by atoms with E-state index in [0.717, 1.165) is 10.7 Å². The third-order valence-electron chi connectivity index (χ3n) is 0.917. The Labute approximate surface area is 58.5 Å². The molecule has 0 spiro atoms. The average molecular weight is 142 g/mol. The van der Waals surface area contributed by atoms with Gasteiger partial charge in [0.25, 0.3) is 0 Å². The van der Waals surface area contributed by atoms with Crippen molar-refractivity contribution in [2.24, 2.45) is 0 Å². The second-order valence-corrected chi connectivity index (χ2v) is 2.77. The van der Waals surface area contributed by atoms with Crippen LogP contribution in [-0.4, -0.2) is 4.98 Å². The van der Waals surface area contributed by atoms with Gasteiger partial charge in [0.15, 0.2) is 0 Å². The number of thiazole rings is 1. The topological polar surface area (TPSA) is 22.1 Å². The first kappa shape index (κ1) is 6.71. The van der Waals surface area contributed by atoms with E-state index in [1.165, 1.54) is 0 Å². The van der Waals surface area contributed by atoms with Gasteiger partial charge in [0.2, 0.25) is 0 Å². The van der Waals surface area contributed by atoms with E-state index in [2.05, 4.69) is 16.8 Å². The van der Waals surface area contributed by atoms with Gasteiger partial charge in [0, 0.05) is 5.38 Å². The van der Waals surface area contributed by atoms with Gasteiger partial charge in [-0.3, -0.25) is 0 Å². The van der Waals surface area contributed by atoms with Crippen LogP contribution in [0, 0.1) is 14.0 Å². The van der Waals surface area contributed by atoms with Crippen LogP contribution in [0.25, 0.3) is 0 Å². The molecule has 1 aromatic heterocycles. The summed E-state index contributed by atoms with van der Waals surface area (Å²) in [4.78, 5) is 4.15. The summed E-state index contributed by atoms with van der Waals surface area (Å²) in [5.74, 6) is 0. The Morgan fingerprint density at radius 1 is 1.89 bits per heavy atom. The van der Waals surface area contributed by atoms with Crippen molar-refractivity contribution < 1.29 is 4.74 Å². The summed E-state index contributed by atoms with van der Waals surface area (Å²) in [6, 6.07) is 0. The van der Waals surface area contributed by atoms with Crippen LogP contribution in [-0.2, 0) is 11.3 Å². The maximum absolute atomic E-state index is 4.64. The largest absolute Gasteiger partial charge is 0.373 e. The van der Waals surface area contributed by atoms with Crippen molar-refractivity contribution in [1.29, 1.82) is 0 Å². The first-order valence-corrected chi connectivity index (χ1v) is 3.49. The smallest absolute Gasteiger partial charge is 0.0898 e. The molecule has 0 aliphatic heterocycles. The lowest BCUT2D eigenvalue weighted by Gasteiger charge is -1.88. The Morgan fingerprint density at radius 2 is 2.67 bits per heavy atom. The molecule has 0 unspecified atom stereocenters. The van der Waals surface area contributed by atoms with Crippen LogP contribution in [0.1, 0.15) is 10.7 Å². The molecule has 0 bridgehead atoms. The highest BCUT2D eigenvalue weighted by Gasteiger charge is 1.94. The molecule has 49 valence electrons. The van der Waals surface area contributed by atoms with Gasteiger partial charge in [-0.1, -0.05) is 0 Å². The molecule has 0 fully saturated rings. The molecule has 0 N–H and O–H groups in total. The quantitative estimate of drug-likeness (QED) is 0.627. The molecule has 9 heavy (non-hydrogen) atoms. The molecule has 0 aliphatic carbocycles. The van der Waals surface area contributed by atoms with Crippen molar-refractivity contribution in [3.63, 3.8) is 0 Å². The number of rotatable bonds is 2. The average Bonchev–Trinajstić information content (AvgIpc) is 2.17. The molecule has 1 aromatic rings. The zero-order valence-corrected chi connectivity index (χ0v) is 6.07. The number of aromatic nitrogens is 1. The van der Waals surface area contributed by atoms with Gasteiger partial charge < -0.3 is 4.74 Å². The van der Waals surface area contributed by atoms with Gasteiger partial charge in [-0.05, 0) is 6.92 Å². The maximum Gasteiger partial charge on any atom is 0.0898 e. The third-order valence-corrected chi connectivity index (χ3v) is 1.74. The van der Waals surface area contributed by atoms with Gasteiger partial charge in [-0.25, -0.2) is 4.98 Å². The fourth-order valence-electron chi connectivity index (χ4n) is 0.579. The van der Waals surface area contributed by atoms with Crippen LogP contribution in [0.2, 0.25) is 0 Å². The molecular formula is C6H8NOS. The summed E-state index contributed by atoms with van der Waals surface area (Å²) in [5.41, 5.74) is 0.965. The highest BCUT2D eigenvalue weighted by Crippen LogP contribution is 2.07. The van der Waals surface area contributed by atoms with Crippen LogP contribution in [0.5, 0.6) is 0 Å². The van der Waals surface area contributed by atoms with Crippen LogP contribution < -0.4 is 0 Å². The zero-order chi connectivity index (χ0) is 6.69. The molecule has 3 heteroatoms. The fraction of sp³-hybridized carbons (Fsp3) is 0.333. The second-order valence-electron chi connectivity index (χ2n) is 1.71. The van der Waals surface area contributed by atoms with Crippen molar-refractivity contribution in [2.75, 3.05) is 0 Å². The predicted molar refractivity (Wildman–Crippen MR) is 37.0 cm³/mol. The zero-order valence-electron chi connectivity index (χ0n) is 5.26. The van der Waals surface area contributed by atoms with Gasteiger partial charge in [-0.15, -0.1) is 11.3 Å². The highest BCUT2D eigenvalue weighted by molar-refractivity contribution is 7.09. The summed E-state index contributed by atoms with van der Waals surface area (Å²) < 4.78 is 4.64. The minimum atomic E-state index is 0.518. The van der Waals surface area contributed by atoms with E-state index < -0.39 is 0 Å². The Kier molecular flexibility index (Phi) is 2.19. The van der Waals surface area contributed by atoms with Gasteiger partial charge in [0.05, 0.1) is 24.4 Å². The normalized spacial score (nSPS) is 10.0. The molecule has 0 aromatic carbocycles. The standard InChI is InChI=1S/C6H8NOS/c1-5-7-6(3-8-2)4-9-5/h4H,2-3H2,1H3. The molecule has 1 heterocycles. The van der Waals surface area contributed by atoms with E-state index in [1.807, 2.05) is 12.3 Å². The van der Waals surface area contributed by atoms with E-state index in [4.69, 9.17) is 0 Å². The molecular weight excluding hydrogens is 134 g/mol.